The summed E-state index contributed by atoms with van der Waals surface area (Å²) in [6.07, 6.45) is 3.63. The molecule has 2 heterocycles. The van der Waals surface area contributed by atoms with Crippen LogP contribution < -0.4 is 10.6 Å². The topological polar surface area (TPSA) is 57.5 Å². The number of piperidine rings is 1. The number of benzene rings is 2. The van der Waals surface area contributed by atoms with Crippen molar-refractivity contribution in [1.29, 1.82) is 0 Å². The number of furan rings is 1. The summed E-state index contributed by atoms with van der Waals surface area (Å²) < 4.78 is 5.42. The summed E-state index contributed by atoms with van der Waals surface area (Å²) in [5.74, 6) is 0. The van der Waals surface area contributed by atoms with Gasteiger partial charge in [0.25, 0.3) is 0 Å². The number of hydrogen-bond donors (Lipinski definition) is 2. The van der Waals surface area contributed by atoms with E-state index in [1.54, 1.807) is 6.26 Å². The summed E-state index contributed by atoms with van der Waals surface area (Å²) in [6.45, 7) is 4.74. The summed E-state index contributed by atoms with van der Waals surface area (Å²) in [6, 6.07) is 19.0. The average Bonchev–Trinajstić information content (AvgIpc) is 3.22. The zero-order valence-electron chi connectivity index (χ0n) is 16.2. The first-order valence-corrected chi connectivity index (χ1v) is 9.99. The second kappa shape index (κ2) is 8.48. The quantitative estimate of drug-likeness (QED) is 0.690. The van der Waals surface area contributed by atoms with Crippen molar-refractivity contribution >= 4 is 17.0 Å². The van der Waals surface area contributed by atoms with Crippen LogP contribution in [-0.4, -0.2) is 30.1 Å². The lowest BCUT2D eigenvalue weighted by atomic mass is 10.0. The van der Waals surface area contributed by atoms with Crippen LogP contribution in [0.15, 0.2) is 65.3 Å². The van der Waals surface area contributed by atoms with Crippen LogP contribution >= 0.6 is 0 Å². The molecule has 0 saturated carbocycles. The van der Waals surface area contributed by atoms with Gasteiger partial charge < -0.3 is 15.1 Å². The van der Waals surface area contributed by atoms with Crippen LogP contribution in [0.3, 0.4) is 0 Å². The fourth-order valence-electron chi connectivity index (χ4n) is 4.00. The standard InChI is InChI=1S/C23H27N3O2/c1-17(18-6-3-2-4-7-18)26-13-10-20(11-14-26)25-23(27)24-16-19-8-5-9-22-21(19)12-15-28-22/h2-9,12,15,17,20H,10-11,13-14,16H2,1H3,(H2,24,25,27). The number of amides is 2. The highest BCUT2D eigenvalue weighted by molar-refractivity contribution is 5.81. The summed E-state index contributed by atoms with van der Waals surface area (Å²) >= 11 is 0. The molecule has 1 aliphatic rings. The highest BCUT2D eigenvalue weighted by Crippen LogP contribution is 2.24. The van der Waals surface area contributed by atoms with Crippen molar-refractivity contribution < 1.29 is 9.21 Å². The van der Waals surface area contributed by atoms with Gasteiger partial charge in [-0.25, -0.2) is 4.79 Å². The molecule has 0 spiro atoms. The molecule has 4 rings (SSSR count). The van der Waals surface area contributed by atoms with Gasteiger partial charge in [0.1, 0.15) is 5.58 Å². The summed E-state index contributed by atoms with van der Waals surface area (Å²) in [5.41, 5.74) is 3.26. The van der Waals surface area contributed by atoms with Gasteiger partial charge in [-0.05, 0) is 43.0 Å². The smallest absolute Gasteiger partial charge is 0.315 e. The molecule has 5 heteroatoms. The van der Waals surface area contributed by atoms with Gasteiger partial charge in [0.15, 0.2) is 0 Å². The maximum Gasteiger partial charge on any atom is 0.315 e. The summed E-state index contributed by atoms with van der Waals surface area (Å²) in [5, 5.41) is 7.16. The minimum Gasteiger partial charge on any atom is -0.464 e. The minimum atomic E-state index is -0.102. The molecule has 2 amide bonds. The molecule has 3 aromatic rings. The number of hydrogen-bond acceptors (Lipinski definition) is 3. The van der Waals surface area contributed by atoms with Crippen LogP contribution in [0.5, 0.6) is 0 Å². The first-order chi connectivity index (χ1) is 13.7. The Morgan fingerprint density at radius 3 is 2.68 bits per heavy atom. The third-order valence-corrected chi connectivity index (χ3v) is 5.72. The molecule has 5 nitrogen and oxygen atoms in total. The van der Waals surface area contributed by atoms with Crippen molar-refractivity contribution in [1.82, 2.24) is 15.5 Å². The minimum absolute atomic E-state index is 0.102. The van der Waals surface area contributed by atoms with Gasteiger partial charge >= 0.3 is 6.03 Å². The van der Waals surface area contributed by atoms with E-state index >= 15 is 0 Å². The Bertz CT molecular complexity index is 914. The van der Waals surface area contributed by atoms with Crippen LogP contribution in [0.25, 0.3) is 11.0 Å². The van der Waals surface area contributed by atoms with Gasteiger partial charge in [-0.1, -0.05) is 42.5 Å². The Morgan fingerprint density at radius 2 is 1.89 bits per heavy atom. The zero-order valence-corrected chi connectivity index (χ0v) is 16.2. The van der Waals surface area contributed by atoms with E-state index in [1.165, 1.54) is 5.56 Å². The lowest BCUT2D eigenvalue weighted by Gasteiger charge is -2.36. The Kier molecular flexibility index (Phi) is 5.63. The maximum absolute atomic E-state index is 12.3. The predicted molar refractivity (Wildman–Crippen MR) is 111 cm³/mol. The van der Waals surface area contributed by atoms with Crippen molar-refractivity contribution in [2.45, 2.75) is 38.4 Å². The van der Waals surface area contributed by atoms with E-state index in [4.69, 9.17) is 4.42 Å². The number of nitrogens with zero attached hydrogens (tertiary/aromatic N) is 1. The van der Waals surface area contributed by atoms with Gasteiger partial charge in [0, 0.05) is 37.1 Å². The van der Waals surface area contributed by atoms with Gasteiger partial charge in [-0.3, -0.25) is 4.90 Å². The largest absolute Gasteiger partial charge is 0.464 e. The molecule has 1 fully saturated rings. The van der Waals surface area contributed by atoms with E-state index in [-0.39, 0.29) is 12.1 Å². The van der Waals surface area contributed by atoms with E-state index in [1.807, 2.05) is 24.3 Å². The maximum atomic E-state index is 12.3. The number of rotatable bonds is 5. The summed E-state index contributed by atoms with van der Waals surface area (Å²) in [4.78, 5) is 14.8. The van der Waals surface area contributed by atoms with E-state index < -0.39 is 0 Å². The molecule has 2 N–H and O–H groups in total. The van der Waals surface area contributed by atoms with Crippen LogP contribution in [0, 0.1) is 0 Å². The molecule has 1 aliphatic heterocycles. The highest BCUT2D eigenvalue weighted by atomic mass is 16.3. The molecule has 2 aromatic carbocycles. The van der Waals surface area contributed by atoms with Crippen LogP contribution in [-0.2, 0) is 6.54 Å². The number of carbonyl (C=O) groups excluding carboxylic acids is 1. The van der Waals surface area contributed by atoms with Gasteiger partial charge in [0.2, 0.25) is 0 Å². The van der Waals surface area contributed by atoms with Gasteiger partial charge in [-0.15, -0.1) is 0 Å². The van der Waals surface area contributed by atoms with Crippen LogP contribution in [0.2, 0.25) is 0 Å². The van der Waals surface area contributed by atoms with Crippen molar-refractivity contribution in [2.75, 3.05) is 13.1 Å². The third-order valence-electron chi connectivity index (χ3n) is 5.72. The van der Waals surface area contributed by atoms with E-state index in [9.17, 15) is 4.79 Å². The zero-order chi connectivity index (χ0) is 19.3. The van der Waals surface area contributed by atoms with Crippen molar-refractivity contribution in [3.05, 3.63) is 72.0 Å². The van der Waals surface area contributed by atoms with Gasteiger partial charge in [-0.2, -0.15) is 0 Å². The molecular weight excluding hydrogens is 350 g/mol. The summed E-state index contributed by atoms with van der Waals surface area (Å²) in [7, 11) is 0. The first-order valence-electron chi connectivity index (χ1n) is 9.99. The predicted octanol–water partition coefficient (Wildman–Crippen LogP) is 4.46. The number of fused-ring (bicyclic) bond motifs is 1. The molecule has 1 atom stereocenters. The molecule has 1 saturated heterocycles. The van der Waals surface area contributed by atoms with Gasteiger partial charge in [0.05, 0.1) is 6.26 Å². The molecule has 28 heavy (non-hydrogen) atoms. The second-order valence-corrected chi connectivity index (χ2v) is 7.47. The number of nitrogens with one attached hydrogen (secondary N) is 2. The average molecular weight is 377 g/mol. The van der Waals surface area contributed by atoms with Crippen molar-refractivity contribution in [3.8, 4) is 0 Å². The fraction of sp³-hybridized carbons (Fsp3) is 0.348. The lowest BCUT2D eigenvalue weighted by Crippen LogP contribution is -2.48. The van der Waals surface area contributed by atoms with Crippen LogP contribution in [0.4, 0.5) is 4.79 Å². The van der Waals surface area contributed by atoms with Crippen molar-refractivity contribution in [2.24, 2.45) is 0 Å². The molecule has 1 unspecified atom stereocenters. The number of likely N-dealkylation sites (tertiary alicyclic amines) is 1. The molecule has 0 aliphatic carbocycles. The first kappa shape index (κ1) is 18.6. The van der Waals surface area contributed by atoms with E-state index in [0.29, 0.717) is 12.6 Å². The molecule has 146 valence electrons. The molecule has 0 bridgehead atoms. The third kappa shape index (κ3) is 4.20. The lowest BCUT2D eigenvalue weighted by molar-refractivity contribution is 0.153. The Labute approximate surface area is 165 Å². The van der Waals surface area contributed by atoms with Crippen molar-refractivity contribution in [3.63, 3.8) is 0 Å². The Hall–Kier alpha value is -2.79. The molecule has 0 radical (unpaired) electrons. The molecular formula is C23H27N3O2. The number of urea groups is 1. The highest BCUT2D eigenvalue weighted by Gasteiger charge is 2.24. The van der Waals surface area contributed by atoms with E-state index in [2.05, 4.69) is 52.8 Å². The molecule has 1 aromatic heterocycles. The Balaban J connectivity index is 1.24. The fourth-order valence-corrected chi connectivity index (χ4v) is 4.00. The van der Waals surface area contributed by atoms with E-state index in [0.717, 1.165) is 42.5 Å². The SMILES string of the molecule is CC(c1ccccc1)N1CCC(NC(=O)NCc2cccc3occc23)CC1. The monoisotopic (exact) mass is 377 g/mol. The number of carbonyl (C=O) groups is 1. The normalized spacial score (nSPS) is 16.8. The Morgan fingerprint density at radius 1 is 1.11 bits per heavy atom. The van der Waals surface area contributed by atoms with Crippen LogP contribution in [0.1, 0.15) is 36.9 Å². The second-order valence-electron chi connectivity index (χ2n) is 7.47.